The van der Waals surface area contributed by atoms with Gasteiger partial charge in [0, 0.05) is 23.7 Å². The number of hydrogen-bond acceptors (Lipinski definition) is 3. The molecule has 0 bridgehead atoms. The zero-order chi connectivity index (χ0) is 12.8. The summed E-state index contributed by atoms with van der Waals surface area (Å²) in [7, 11) is 1.99. The Balaban J connectivity index is 2.05. The van der Waals surface area contributed by atoms with E-state index in [1.54, 1.807) is 0 Å². The summed E-state index contributed by atoms with van der Waals surface area (Å²) >= 11 is 0. The lowest BCUT2D eigenvalue weighted by atomic mass is 9.86. The Hall–Kier alpha value is -0.960. The van der Waals surface area contributed by atoms with E-state index in [1.165, 1.54) is 37.8 Å². The van der Waals surface area contributed by atoms with Gasteiger partial charge in [-0.3, -0.25) is 0 Å². The molecule has 2 rings (SSSR count). The van der Waals surface area contributed by atoms with Crippen molar-refractivity contribution in [2.45, 2.75) is 57.8 Å². The van der Waals surface area contributed by atoms with Crippen LogP contribution < -0.4 is 5.32 Å². The summed E-state index contributed by atoms with van der Waals surface area (Å²) < 4.78 is 0. The third kappa shape index (κ3) is 3.77. The molecule has 0 unspecified atom stereocenters. The molecule has 1 aliphatic carbocycles. The maximum absolute atomic E-state index is 4.79. The van der Waals surface area contributed by atoms with E-state index in [-0.39, 0.29) is 0 Å². The Morgan fingerprint density at radius 2 is 2.00 bits per heavy atom. The van der Waals surface area contributed by atoms with E-state index >= 15 is 0 Å². The molecular formula is C15H25N3. The fourth-order valence-corrected chi connectivity index (χ4v) is 2.80. The molecule has 3 nitrogen and oxygen atoms in total. The number of nitrogens with one attached hydrogen (secondary N) is 1. The van der Waals surface area contributed by atoms with Crippen LogP contribution in [0.25, 0.3) is 0 Å². The van der Waals surface area contributed by atoms with E-state index in [9.17, 15) is 0 Å². The Bertz CT molecular complexity index is 370. The fourth-order valence-electron chi connectivity index (χ4n) is 2.80. The SMILES string of the molecule is CNCCCc1nc(C)cc(C2CCCCC2)n1. The molecule has 1 saturated carbocycles. The second kappa shape index (κ2) is 6.83. The second-order valence-electron chi connectivity index (χ2n) is 5.39. The molecule has 1 aliphatic rings. The average molecular weight is 247 g/mol. The van der Waals surface area contributed by atoms with Crippen molar-refractivity contribution in [2.75, 3.05) is 13.6 Å². The molecule has 0 aliphatic heterocycles. The zero-order valence-corrected chi connectivity index (χ0v) is 11.7. The molecule has 1 N–H and O–H groups in total. The fraction of sp³-hybridized carbons (Fsp3) is 0.733. The molecule has 100 valence electrons. The highest BCUT2D eigenvalue weighted by Crippen LogP contribution is 2.31. The van der Waals surface area contributed by atoms with Crippen LogP contribution in [0.15, 0.2) is 6.07 Å². The Morgan fingerprint density at radius 3 is 2.72 bits per heavy atom. The van der Waals surface area contributed by atoms with Gasteiger partial charge in [-0.2, -0.15) is 0 Å². The minimum absolute atomic E-state index is 0.684. The van der Waals surface area contributed by atoms with Crippen LogP contribution in [0.2, 0.25) is 0 Å². The van der Waals surface area contributed by atoms with E-state index in [4.69, 9.17) is 4.98 Å². The molecule has 1 aromatic heterocycles. The number of rotatable bonds is 5. The zero-order valence-electron chi connectivity index (χ0n) is 11.7. The van der Waals surface area contributed by atoms with Gasteiger partial charge >= 0.3 is 0 Å². The van der Waals surface area contributed by atoms with Crippen LogP contribution in [0.4, 0.5) is 0 Å². The third-order valence-corrected chi connectivity index (χ3v) is 3.77. The average Bonchev–Trinajstić information content (AvgIpc) is 2.39. The summed E-state index contributed by atoms with van der Waals surface area (Å²) in [5.41, 5.74) is 2.42. The van der Waals surface area contributed by atoms with Gasteiger partial charge in [-0.05, 0) is 45.8 Å². The molecule has 0 saturated heterocycles. The molecule has 1 aromatic rings. The largest absolute Gasteiger partial charge is 0.320 e. The van der Waals surface area contributed by atoms with E-state index < -0.39 is 0 Å². The van der Waals surface area contributed by atoms with Crippen molar-refractivity contribution < 1.29 is 0 Å². The van der Waals surface area contributed by atoms with Crippen molar-refractivity contribution in [1.82, 2.24) is 15.3 Å². The number of hydrogen-bond donors (Lipinski definition) is 1. The maximum atomic E-state index is 4.79. The number of nitrogens with zero attached hydrogens (tertiary/aromatic N) is 2. The molecule has 0 amide bonds. The molecule has 0 spiro atoms. The van der Waals surface area contributed by atoms with Gasteiger partial charge in [0.1, 0.15) is 5.82 Å². The van der Waals surface area contributed by atoms with Crippen molar-refractivity contribution >= 4 is 0 Å². The number of aryl methyl sites for hydroxylation is 2. The van der Waals surface area contributed by atoms with Crippen LogP contribution in [0, 0.1) is 6.92 Å². The second-order valence-corrected chi connectivity index (χ2v) is 5.39. The Kier molecular flexibility index (Phi) is 5.12. The van der Waals surface area contributed by atoms with Gasteiger partial charge in [0.25, 0.3) is 0 Å². The molecule has 0 aromatic carbocycles. The minimum Gasteiger partial charge on any atom is -0.320 e. The van der Waals surface area contributed by atoms with E-state index in [0.717, 1.165) is 30.9 Å². The highest BCUT2D eigenvalue weighted by molar-refractivity contribution is 5.15. The first-order valence-electron chi connectivity index (χ1n) is 7.28. The summed E-state index contributed by atoms with van der Waals surface area (Å²) in [4.78, 5) is 9.35. The molecule has 18 heavy (non-hydrogen) atoms. The van der Waals surface area contributed by atoms with Gasteiger partial charge in [0.15, 0.2) is 0 Å². The first kappa shape index (κ1) is 13.5. The van der Waals surface area contributed by atoms with E-state index in [0.29, 0.717) is 5.92 Å². The summed E-state index contributed by atoms with van der Waals surface area (Å²) in [6, 6.07) is 2.19. The van der Waals surface area contributed by atoms with Gasteiger partial charge in [0.2, 0.25) is 0 Å². The van der Waals surface area contributed by atoms with E-state index in [1.807, 2.05) is 7.05 Å². The van der Waals surface area contributed by atoms with Crippen LogP contribution in [-0.4, -0.2) is 23.6 Å². The standard InChI is InChI=1S/C15H25N3/c1-12-11-14(13-7-4-3-5-8-13)18-15(17-12)9-6-10-16-2/h11,13,16H,3-10H2,1-2H3. The van der Waals surface area contributed by atoms with Crippen LogP contribution in [-0.2, 0) is 6.42 Å². The minimum atomic E-state index is 0.684. The summed E-state index contributed by atoms with van der Waals surface area (Å²) in [6.45, 7) is 3.13. The lowest BCUT2D eigenvalue weighted by molar-refractivity contribution is 0.434. The lowest BCUT2D eigenvalue weighted by Crippen LogP contribution is -2.12. The molecule has 1 fully saturated rings. The quantitative estimate of drug-likeness (QED) is 0.813. The van der Waals surface area contributed by atoms with Crippen molar-refractivity contribution in [1.29, 1.82) is 0 Å². The smallest absolute Gasteiger partial charge is 0.128 e. The monoisotopic (exact) mass is 247 g/mol. The summed E-state index contributed by atoms with van der Waals surface area (Å²) in [5, 5.41) is 3.17. The molecule has 1 heterocycles. The van der Waals surface area contributed by atoms with Gasteiger partial charge in [-0.15, -0.1) is 0 Å². The van der Waals surface area contributed by atoms with Crippen molar-refractivity contribution in [3.63, 3.8) is 0 Å². The van der Waals surface area contributed by atoms with Gasteiger partial charge < -0.3 is 5.32 Å². The van der Waals surface area contributed by atoms with Gasteiger partial charge in [-0.1, -0.05) is 19.3 Å². The highest BCUT2D eigenvalue weighted by atomic mass is 14.9. The van der Waals surface area contributed by atoms with Gasteiger partial charge in [-0.25, -0.2) is 9.97 Å². The summed E-state index contributed by atoms with van der Waals surface area (Å²) in [6.07, 6.45) is 8.85. The maximum Gasteiger partial charge on any atom is 0.128 e. The van der Waals surface area contributed by atoms with Gasteiger partial charge in [0.05, 0.1) is 0 Å². The molecule has 3 heteroatoms. The first-order valence-corrected chi connectivity index (χ1v) is 7.28. The molecule has 0 atom stereocenters. The van der Waals surface area contributed by atoms with Crippen LogP contribution in [0.3, 0.4) is 0 Å². The highest BCUT2D eigenvalue weighted by Gasteiger charge is 2.17. The Morgan fingerprint density at radius 1 is 1.22 bits per heavy atom. The molecular weight excluding hydrogens is 222 g/mol. The predicted octanol–water partition coefficient (Wildman–Crippen LogP) is 2.98. The van der Waals surface area contributed by atoms with Crippen LogP contribution in [0.5, 0.6) is 0 Å². The normalized spacial score (nSPS) is 17.0. The predicted molar refractivity (Wildman–Crippen MR) is 74.8 cm³/mol. The lowest BCUT2D eigenvalue weighted by Gasteiger charge is -2.21. The van der Waals surface area contributed by atoms with Crippen molar-refractivity contribution in [3.05, 3.63) is 23.3 Å². The number of aromatic nitrogens is 2. The molecule has 0 radical (unpaired) electrons. The van der Waals surface area contributed by atoms with Crippen LogP contribution >= 0.6 is 0 Å². The first-order chi connectivity index (χ1) is 8.79. The van der Waals surface area contributed by atoms with Crippen molar-refractivity contribution in [3.8, 4) is 0 Å². The third-order valence-electron chi connectivity index (χ3n) is 3.77. The summed E-state index contributed by atoms with van der Waals surface area (Å²) in [5.74, 6) is 1.72. The Labute approximate surface area is 110 Å². The van der Waals surface area contributed by atoms with Crippen molar-refractivity contribution in [2.24, 2.45) is 0 Å². The van der Waals surface area contributed by atoms with E-state index in [2.05, 4.69) is 23.3 Å². The topological polar surface area (TPSA) is 37.8 Å². The van der Waals surface area contributed by atoms with Crippen LogP contribution in [0.1, 0.15) is 61.7 Å².